The predicted octanol–water partition coefficient (Wildman–Crippen LogP) is 1.44. The van der Waals surface area contributed by atoms with E-state index in [2.05, 4.69) is 5.32 Å². The van der Waals surface area contributed by atoms with Crippen LogP contribution in [0.15, 0.2) is 24.3 Å². The molecule has 100 valence electrons. The monoisotopic (exact) mass is 260 g/mol. The number of hydrogen-bond donors (Lipinski definition) is 1. The summed E-state index contributed by atoms with van der Waals surface area (Å²) < 4.78 is 11.1. The summed E-state index contributed by atoms with van der Waals surface area (Å²) >= 11 is 0. The Morgan fingerprint density at radius 1 is 1.37 bits per heavy atom. The predicted molar refractivity (Wildman–Crippen MR) is 67.8 cm³/mol. The van der Waals surface area contributed by atoms with Crippen LogP contribution in [-0.4, -0.2) is 19.1 Å². The fourth-order valence-corrected chi connectivity index (χ4v) is 1.94. The topological polar surface area (TPSA) is 71.4 Å². The van der Waals surface area contributed by atoms with Crippen LogP contribution in [-0.2, 0) is 26.6 Å². The van der Waals surface area contributed by atoms with Crippen LogP contribution in [0, 0.1) is 11.3 Å². The first-order valence-corrected chi connectivity index (χ1v) is 6.15. The fourth-order valence-electron chi connectivity index (χ4n) is 1.94. The first-order valence-electron chi connectivity index (χ1n) is 6.15. The Hall–Kier alpha value is -1.90. The minimum atomic E-state index is -0.664. The number of nitrogens with one attached hydrogen (secondary N) is 1. The highest BCUT2D eigenvalue weighted by Gasteiger charge is 2.32. The number of rotatable bonds is 4. The van der Waals surface area contributed by atoms with Crippen LogP contribution in [0.3, 0.4) is 0 Å². The molecule has 1 heterocycles. The van der Waals surface area contributed by atoms with E-state index in [4.69, 9.17) is 14.7 Å². The molecule has 1 aliphatic heterocycles. The summed E-state index contributed by atoms with van der Waals surface area (Å²) in [6.07, 6.45) is -0.113. The molecule has 0 spiro atoms. The van der Waals surface area contributed by atoms with Crippen molar-refractivity contribution in [2.75, 3.05) is 13.2 Å². The van der Waals surface area contributed by atoms with E-state index >= 15 is 0 Å². The Labute approximate surface area is 112 Å². The lowest BCUT2D eigenvalue weighted by Gasteiger charge is -2.22. The van der Waals surface area contributed by atoms with E-state index in [0.29, 0.717) is 19.8 Å². The summed E-state index contributed by atoms with van der Waals surface area (Å²) in [6, 6.07) is 9.50. The molecule has 0 radical (unpaired) electrons. The van der Waals surface area contributed by atoms with Gasteiger partial charge in [-0.15, -0.1) is 0 Å². The molecule has 0 bridgehead atoms. The largest absolute Gasteiger partial charge is 0.351 e. The van der Waals surface area contributed by atoms with Crippen molar-refractivity contribution in [1.82, 2.24) is 5.32 Å². The van der Waals surface area contributed by atoms with Gasteiger partial charge in [-0.2, -0.15) is 5.26 Å². The molecule has 0 atom stereocenters. The van der Waals surface area contributed by atoms with Gasteiger partial charge in [0.05, 0.1) is 19.3 Å². The zero-order valence-corrected chi connectivity index (χ0v) is 10.8. The summed E-state index contributed by atoms with van der Waals surface area (Å²) in [6.45, 7) is 3.51. The van der Waals surface area contributed by atoms with E-state index in [1.54, 1.807) is 0 Å². The van der Waals surface area contributed by atoms with E-state index in [-0.39, 0.29) is 12.3 Å². The van der Waals surface area contributed by atoms with Gasteiger partial charge in [-0.1, -0.05) is 24.3 Å². The van der Waals surface area contributed by atoms with E-state index in [0.717, 1.165) is 11.1 Å². The Bertz CT molecular complexity index is 484. The van der Waals surface area contributed by atoms with Gasteiger partial charge in [0.1, 0.15) is 6.42 Å². The van der Waals surface area contributed by atoms with Crippen LogP contribution in [0.2, 0.25) is 0 Å². The number of nitriles is 1. The molecule has 5 nitrogen and oxygen atoms in total. The Morgan fingerprint density at radius 3 is 2.58 bits per heavy atom. The van der Waals surface area contributed by atoms with Crippen molar-refractivity contribution in [3.63, 3.8) is 0 Å². The van der Waals surface area contributed by atoms with E-state index in [1.165, 1.54) is 0 Å². The molecule has 0 aromatic heterocycles. The number of carbonyl (C=O) groups is 1. The molecule has 0 aliphatic carbocycles. The third-order valence-corrected chi connectivity index (χ3v) is 3.05. The molecule has 19 heavy (non-hydrogen) atoms. The van der Waals surface area contributed by atoms with Crippen molar-refractivity contribution in [3.8, 4) is 6.07 Å². The second kappa shape index (κ2) is 5.83. The molecule has 1 fully saturated rings. The van der Waals surface area contributed by atoms with Crippen molar-refractivity contribution < 1.29 is 14.3 Å². The van der Waals surface area contributed by atoms with Gasteiger partial charge in [0, 0.05) is 12.1 Å². The highest BCUT2D eigenvalue weighted by molar-refractivity contribution is 5.77. The maximum atomic E-state index is 11.2. The lowest BCUT2D eigenvalue weighted by Crippen LogP contribution is -2.23. The minimum Gasteiger partial charge on any atom is -0.351 e. The summed E-state index contributed by atoms with van der Waals surface area (Å²) in [5, 5.41) is 11.1. The zero-order chi connectivity index (χ0) is 13.7. The highest BCUT2D eigenvalue weighted by atomic mass is 16.7. The van der Waals surface area contributed by atoms with Crippen LogP contribution in [0.1, 0.15) is 24.5 Å². The maximum absolute atomic E-state index is 11.2. The molecule has 1 N–H and O–H groups in total. The van der Waals surface area contributed by atoms with Gasteiger partial charge in [-0.25, -0.2) is 0 Å². The third-order valence-electron chi connectivity index (χ3n) is 3.05. The number of amides is 1. The third kappa shape index (κ3) is 3.31. The van der Waals surface area contributed by atoms with Gasteiger partial charge in [-0.3, -0.25) is 4.79 Å². The first kappa shape index (κ1) is 13.5. The van der Waals surface area contributed by atoms with Crippen molar-refractivity contribution in [3.05, 3.63) is 35.4 Å². The van der Waals surface area contributed by atoms with Crippen molar-refractivity contribution >= 4 is 5.91 Å². The summed E-state index contributed by atoms with van der Waals surface area (Å²) in [5.74, 6) is -0.927. The molecule has 0 saturated carbocycles. The lowest BCUT2D eigenvalue weighted by molar-refractivity contribution is -0.149. The SMILES string of the molecule is CC1(c2ccc(CNC(=O)CC#N)cc2)OCCO1. The van der Waals surface area contributed by atoms with E-state index in [1.807, 2.05) is 37.3 Å². The smallest absolute Gasteiger partial charge is 0.234 e. The van der Waals surface area contributed by atoms with Gasteiger partial charge < -0.3 is 14.8 Å². The molecular formula is C14H16N2O3. The average molecular weight is 260 g/mol. The zero-order valence-electron chi connectivity index (χ0n) is 10.8. The second-order valence-electron chi connectivity index (χ2n) is 4.45. The van der Waals surface area contributed by atoms with Crippen LogP contribution in [0.4, 0.5) is 0 Å². The van der Waals surface area contributed by atoms with Gasteiger partial charge in [0.15, 0.2) is 5.79 Å². The Kier molecular flexibility index (Phi) is 4.15. The molecule has 5 heteroatoms. The van der Waals surface area contributed by atoms with Crippen LogP contribution < -0.4 is 5.32 Å². The quantitative estimate of drug-likeness (QED) is 0.889. The minimum absolute atomic E-state index is 0.113. The van der Waals surface area contributed by atoms with Gasteiger partial charge in [0.2, 0.25) is 5.91 Å². The lowest BCUT2D eigenvalue weighted by atomic mass is 10.1. The molecule has 1 amide bonds. The number of hydrogen-bond acceptors (Lipinski definition) is 4. The fraction of sp³-hybridized carbons (Fsp3) is 0.429. The second-order valence-corrected chi connectivity index (χ2v) is 4.45. The number of ether oxygens (including phenoxy) is 2. The molecule has 1 aromatic rings. The number of carbonyl (C=O) groups excluding carboxylic acids is 1. The van der Waals surface area contributed by atoms with Crippen LogP contribution in [0.5, 0.6) is 0 Å². The summed E-state index contributed by atoms with van der Waals surface area (Å²) in [4.78, 5) is 11.2. The molecule has 1 aliphatic rings. The maximum Gasteiger partial charge on any atom is 0.234 e. The van der Waals surface area contributed by atoms with Crippen molar-refractivity contribution in [1.29, 1.82) is 5.26 Å². The standard InChI is InChI=1S/C14H16N2O3/c1-14(18-8-9-19-14)12-4-2-11(3-5-12)10-16-13(17)6-7-15/h2-5H,6,8-10H2,1H3,(H,16,17). The van der Waals surface area contributed by atoms with Gasteiger partial charge in [-0.05, 0) is 12.5 Å². The number of nitrogens with zero attached hydrogens (tertiary/aromatic N) is 1. The van der Waals surface area contributed by atoms with Crippen molar-refractivity contribution in [2.45, 2.75) is 25.7 Å². The van der Waals surface area contributed by atoms with Crippen LogP contribution >= 0.6 is 0 Å². The molecular weight excluding hydrogens is 244 g/mol. The number of benzene rings is 1. The normalized spacial score (nSPS) is 16.8. The molecule has 1 aromatic carbocycles. The summed E-state index contributed by atoms with van der Waals surface area (Å²) in [7, 11) is 0. The first-order chi connectivity index (χ1) is 9.14. The Balaban J connectivity index is 1.95. The summed E-state index contributed by atoms with van der Waals surface area (Å²) in [5.41, 5.74) is 1.92. The molecule has 1 saturated heterocycles. The Morgan fingerprint density at radius 2 is 2.00 bits per heavy atom. The van der Waals surface area contributed by atoms with Crippen LogP contribution in [0.25, 0.3) is 0 Å². The van der Waals surface area contributed by atoms with Gasteiger partial charge in [0.25, 0.3) is 0 Å². The average Bonchev–Trinajstić information content (AvgIpc) is 2.86. The van der Waals surface area contributed by atoms with E-state index in [9.17, 15) is 4.79 Å². The van der Waals surface area contributed by atoms with E-state index < -0.39 is 5.79 Å². The molecule has 2 rings (SSSR count). The van der Waals surface area contributed by atoms with Gasteiger partial charge >= 0.3 is 0 Å². The highest BCUT2D eigenvalue weighted by Crippen LogP contribution is 2.30. The van der Waals surface area contributed by atoms with Crippen molar-refractivity contribution in [2.24, 2.45) is 0 Å². The molecule has 0 unspecified atom stereocenters.